The van der Waals surface area contributed by atoms with Gasteiger partial charge in [0.2, 0.25) is 0 Å². The summed E-state index contributed by atoms with van der Waals surface area (Å²) >= 11 is 5.91. The van der Waals surface area contributed by atoms with Gasteiger partial charge in [0, 0.05) is 10.6 Å². The summed E-state index contributed by atoms with van der Waals surface area (Å²) in [6, 6.07) is 19.4. The molecule has 1 aliphatic rings. The predicted octanol–water partition coefficient (Wildman–Crippen LogP) is 5.14. The average Bonchev–Trinajstić information content (AvgIpc) is 3.24. The molecule has 4 rings (SSSR count). The lowest BCUT2D eigenvalue weighted by Gasteiger charge is -2.18. The number of anilines is 2. The number of ether oxygens (including phenoxy) is 3. The maximum absolute atomic E-state index is 12.9. The van der Waals surface area contributed by atoms with Gasteiger partial charge in [-0.25, -0.2) is 4.79 Å². The van der Waals surface area contributed by atoms with Gasteiger partial charge in [0.05, 0.1) is 25.0 Å². The maximum Gasteiger partial charge on any atom is 0.414 e. The second kappa shape index (κ2) is 9.62. The lowest BCUT2D eigenvalue weighted by atomic mass is 10.1. The molecule has 0 unspecified atom stereocenters. The lowest BCUT2D eigenvalue weighted by molar-refractivity contribution is 0.102. The van der Waals surface area contributed by atoms with Gasteiger partial charge in [-0.05, 0) is 48.0 Å². The van der Waals surface area contributed by atoms with E-state index in [9.17, 15) is 9.59 Å². The number of amides is 2. The van der Waals surface area contributed by atoms with Gasteiger partial charge >= 0.3 is 6.09 Å². The van der Waals surface area contributed by atoms with Crippen molar-refractivity contribution in [3.05, 3.63) is 82.9 Å². The zero-order chi connectivity index (χ0) is 22.5. The van der Waals surface area contributed by atoms with Crippen molar-refractivity contribution in [1.29, 1.82) is 0 Å². The molecule has 1 heterocycles. The molecule has 0 radical (unpaired) electrons. The molecule has 32 heavy (non-hydrogen) atoms. The molecule has 0 aromatic heterocycles. The molecule has 0 atom stereocenters. The Morgan fingerprint density at radius 1 is 1.09 bits per heavy atom. The van der Waals surface area contributed by atoms with Crippen LogP contribution in [0.4, 0.5) is 16.2 Å². The predicted molar refractivity (Wildman–Crippen MR) is 122 cm³/mol. The van der Waals surface area contributed by atoms with Gasteiger partial charge in [-0.2, -0.15) is 0 Å². The van der Waals surface area contributed by atoms with Crippen molar-refractivity contribution >= 4 is 35.0 Å². The minimum Gasteiger partial charge on any atom is -0.493 e. The zero-order valence-electron chi connectivity index (χ0n) is 17.3. The van der Waals surface area contributed by atoms with Crippen LogP contribution in [-0.2, 0) is 11.3 Å². The van der Waals surface area contributed by atoms with Gasteiger partial charge in [0.25, 0.3) is 5.91 Å². The summed E-state index contributed by atoms with van der Waals surface area (Å²) in [4.78, 5) is 26.3. The summed E-state index contributed by atoms with van der Waals surface area (Å²) in [5.74, 6) is 0.606. The quantitative estimate of drug-likeness (QED) is 0.537. The number of halogens is 1. The highest BCUT2D eigenvalue weighted by Crippen LogP contribution is 2.31. The van der Waals surface area contributed by atoms with E-state index in [1.54, 1.807) is 54.6 Å². The van der Waals surface area contributed by atoms with Gasteiger partial charge in [-0.1, -0.05) is 35.9 Å². The second-order valence-corrected chi connectivity index (χ2v) is 7.45. The SMILES string of the molecule is COc1cc(C(=O)Nc2ccccc2N2CCOC2=O)ccc1OCc1ccc(Cl)cc1. The smallest absolute Gasteiger partial charge is 0.414 e. The van der Waals surface area contributed by atoms with Crippen LogP contribution in [0, 0.1) is 0 Å². The molecule has 1 aliphatic heterocycles. The largest absolute Gasteiger partial charge is 0.493 e. The average molecular weight is 453 g/mol. The third-order valence-corrected chi connectivity index (χ3v) is 5.19. The number of carbonyl (C=O) groups excluding carboxylic acids is 2. The van der Waals surface area contributed by atoms with Crippen molar-refractivity contribution in [3.63, 3.8) is 0 Å². The highest BCUT2D eigenvalue weighted by molar-refractivity contribution is 6.30. The summed E-state index contributed by atoms with van der Waals surface area (Å²) in [5.41, 5.74) is 2.44. The number of hydrogen-bond acceptors (Lipinski definition) is 5. The molecule has 7 nitrogen and oxygen atoms in total. The highest BCUT2D eigenvalue weighted by atomic mass is 35.5. The summed E-state index contributed by atoms with van der Waals surface area (Å²) in [6.07, 6.45) is -0.435. The molecule has 3 aromatic rings. The van der Waals surface area contributed by atoms with E-state index in [0.717, 1.165) is 5.56 Å². The van der Waals surface area contributed by atoms with Crippen molar-refractivity contribution in [2.75, 3.05) is 30.5 Å². The maximum atomic E-state index is 12.9. The van der Waals surface area contributed by atoms with Crippen molar-refractivity contribution in [2.45, 2.75) is 6.61 Å². The van der Waals surface area contributed by atoms with Crippen LogP contribution >= 0.6 is 11.6 Å². The molecule has 1 fully saturated rings. The van der Waals surface area contributed by atoms with Crippen LogP contribution in [-0.4, -0.2) is 32.3 Å². The van der Waals surface area contributed by atoms with Crippen LogP contribution in [0.15, 0.2) is 66.7 Å². The number of cyclic esters (lactones) is 1. The van der Waals surface area contributed by atoms with E-state index in [4.69, 9.17) is 25.8 Å². The molecular weight excluding hydrogens is 432 g/mol. The highest BCUT2D eigenvalue weighted by Gasteiger charge is 2.26. The monoisotopic (exact) mass is 452 g/mol. The Bertz CT molecular complexity index is 1130. The fraction of sp³-hybridized carbons (Fsp3) is 0.167. The first-order chi connectivity index (χ1) is 15.5. The van der Waals surface area contributed by atoms with E-state index in [1.807, 2.05) is 12.1 Å². The van der Waals surface area contributed by atoms with E-state index in [0.29, 0.717) is 53.2 Å². The van der Waals surface area contributed by atoms with Gasteiger partial charge in [0.15, 0.2) is 11.5 Å². The zero-order valence-corrected chi connectivity index (χ0v) is 18.1. The first-order valence-corrected chi connectivity index (χ1v) is 10.3. The molecule has 164 valence electrons. The number of rotatable bonds is 7. The van der Waals surface area contributed by atoms with E-state index in [1.165, 1.54) is 12.0 Å². The number of nitrogens with one attached hydrogen (secondary N) is 1. The van der Waals surface area contributed by atoms with Crippen molar-refractivity contribution in [2.24, 2.45) is 0 Å². The summed E-state index contributed by atoms with van der Waals surface area (Å²) in [7, 11) is 1.51. The molecule has 0 saturated carbocycles. The van der Waals surface area contributed by atoms with Crippen LogP contribution in [0.5, 0.6) is 11.5 Å². The fourth-order valence-electron chi connectivity index (χ4n) is 3.29. The van der Waals surface area contributed by atoms with Crippen molar-refractivity contribution in [1.82, 2.24) is 0 Å². The molecular formula is C24H21ClN2O5. The Morgan fingerprint density at radius 2 is 1.88 bits per heavy atom. The minimum absolute atomic E-state index is 0.315. The van der Waals surface area contributed by atoms with Crippen molar-refractivity contribution < 1.29 is 23.8 Å². The lowest BCUT2D eigenvalue weighted by Crippen LogP contribution is -2.25. The van der Waals surface area contributed by atoms with E-state index < -0.39 is 6.09 Å². The Morgan fingerprint density at radius 3 is 2.59 bits per heavy atom. The Labute approximate surface area is 190 Å². The van der Waals surface area contributed by atoms with Crippen LogP contribution in [0.2, 0.25) is 5.02 Å². The Hall–Kier alpha value is -3.71. The van der Waals surface area contributed by atoms with Gasteiger partial charge in [-0.15, -0.1) is 0 Å². The van der Waals surface area contributed by atoms with Gasteiger partial charge in [-0.3, -0.25) is 9.69 Å². The minimum atomic E-state index is -0.435. The van der Waals surface area contributed by atoms with Crippen LogP contribution in [0.3, 0.4) is 0 Å². The molecule has 0 aliphatic carbocycles. The first kappa shape index (κ1) is 21.5. The number of para-hydroxylation sites is 2. The summed E-state index contributed by atoms with van der Waals surface area (Å²) in [5, 5.41) is 3.52. The van der Waals surface area contributed by atoms with Gasteiger partial charge in [0.1, 0.15) is 13.2 Å². The molecule has 8 heteroatoms. The number of nitrogens with zero attached hydrogens (tertiary/aromatic N) is 1. The number of hydrogen-bond donors (Lipinski definition) is 1. The first-order valence-electron chi connectivity index (χ1n) is 9.95. The molecule has 2 amide bonds. The van der Waals surface area contributed by atoms with Crippen LogP contribution in [0.25, 0.3) is 0 Å². The van der Waals surface area contributed by atoms with Crippen LogP contribution in [0.1, 0.15) is 15.9 Å². The Kier molecular flexibility index (Phi) is 6.47. The topological polar surface area (TPSA) is 77.1 Å². The summed E-state index contributed by atoms with van der Waals surface area (Å²) < 4.78 is 16.3. The number of benzene rings is 3. The second-order valence-electron chi connectivity index (χ2n) is 7.02. The normalized spacial score (nSPS) is 12.9. The molecule has 1 saturated heterocycles. The molecule has 3 aromatic carbocycles. The molecule has 0 bridgehead atoms. The van der Waals surface area contributed by atoms with E-state index in [-0.39, 0.29) is 5.91 Å². The van der Waals surface area contributed by atoms with Crippen LogP contribution < -0.4 is 19.7 Å². The third-order valence-electron chi connectivity index (χ3n) is 4.94. The number of carbonyl (C=O) groups is 2. The van der Waals surface area contributed by atoms with Gasteiger partial charge < -0.3 is 19.5 Å². The Balaban J connectivity index is 1.49. The molecule has 1 N–H and O–H groups in total. The van der Waals surface area contributed by atoms with E-state index in [2.05, 4.69) is 5.32 Å². The summed E-state index contributed by atoms with van der Waals surface area (Å²) in [6.45, 7) is 1.08. The van der Waals surface area contributed by atoms with Crippen molar-refractivity contribution in [3.8, 4) is 11.5 Å². The fourth-order valence-corrected chi connectivity index (χ4v) is 3.42. The standard InChI is InChI=1S/C24H21ClN2O5/c1-30-22-14-17(8-11-21(22)32-15-16-6-9-18(25)10-7-16)23(28)26-19-4-2-3-5-20(19)27-12-13-31-24(27)29/h2-11,14H,12-13,15H2,1H3,(H,26,28). The van der Waals surface area contributed by atoms with E-state index >= 15 is 0 Å². The number of methoxy groups -OCH3 is 1. The third kappa shape index (κ3) is 4.78. The molecule has 0 spiro atoms.